The van der Waals surface area contributed by atoms with Crippen LogP contribution in [0, 0.1) is 5.92 Å². The molecule has 3 aromatic rings. The Morgan fingerprint density at radius 1 is 1.21 bits per heavy atom. The molecular formula is C22H28N4O2. The fourth-order valence-corrected chi connectivity index (χ4v) is 4.12. The van der Waals surface area contributed by atoms with Crippen molar-refractivity contribution in [2.45, 2.75) is 44.7 Å². The predicted molar refractivity (Wildman–Crippen MR) is 109 cm³/mol. The smallest absolute Gasteiger partial charge is 0.222 e. The average molecular weight is 380 g/mol. The van der Waals surface area contributed by atoms with Crippen molar-refractivity contribution in [2.24, 2.45) is 5.92 Å². The van der Waals surface area contributed by atoms with Gasteiger partial charge in [0.1, 0.15) is 5.82 Å². The number of amides is 1. The molecular weight excluding hydrogens is 352 g/mol. The number of ether oxygens (including phenoxy) is 1. The summed E-state index contributed by atoms with van der Waals surface area (Å²) >= 11 is 0. The molecule has 1 atom stereocenters. The number of carbonyl (C=O) groups excluding carboxylic acids is 1. The molecule has 0 bridgehead atoms. The third kappa shape index (κ3) is 3.69. The predicted octanol–water partition coefficient (Wildman–Crippen LogP) is 3.77. The Bertz CT molecular complexity index is 890. The Morgan fingerprint density at radius 3 is 2.61 bits per heavy atom. The molecule has 1 aromatic carbocycles. The Balaban J connectivity index is 1.54. The van der Waals surface area contributed by atoms with Crippen molar-refractivity contribution in [3.8, 4) is 0 Å². The fourth-order valence-electron chi connectivity index (χ4n) is 4.12. The van der Waals surface area contributed by atoms with Crippen molar-refractivity contribution in [2.75, 3.05) is 13.2 Å². The van der Waals surface area contributed by atoms with Crippen LogP contribution in [0.2, 0.25) is 0 Å². The topological polar surface area (TPSA) is 71.9 Å². The van der Waals surface area contributed by atoms with Gasteiger partial charge in [0.25, 0.3) is 0 Å². The lowest BCUT2D eigenvalue weighted by Gasteiger charge is -2.38. The first-order valence-corrected chi connectivity index (χ1v) is 10.0. The summed E-state index contributed by atoms with van der Waals surface area (Å²) in [5.74, 6) is 1.09. The van der Waals surface area contributed by atoms with E-state index >= 15 is 0 Å². The van der Waals surface area contributed by atoms with Gasteiger partial charge in [0.15, 0.2) is 0 Å². The molecule has 28 heavy (non-hydrogen) atoms. The molecule has 148 valence electrons. The molecule has 3 heterocycles. The van der Waals surface area contributed by atoms with Crippen LogP contribution in [0.4, 0.5) is 0 Å². The number of para-hydroxylation sites is 2. The van der Waals surface area contributed by atoms with E-state index in [1.165, 1.54) is 0 Å². The van der Waals surface area contributed by atoms with Crippen LogP contribution < -0.4 is 5.32 Å². The summed E-state index contributed by atoms with van der Waals surface area (Å²) in [5, 5.41) is 3.24. The van der Waals surface area contributed by atoms with Gasteiger partial charge in [0, 0.05) is 25.6 Å². The number of H-pyrrole nitrogens is 1. The molecule has 0 aliphatic carbocycles. The molecule has 1 fully saturated rings. The maximum absolute atomic E-state index is 13.1. The number of hydrogen-bond acceptors (Lipinski definition) is 3. The molecule has 2 aromatic heterocycles. The van der Waals surface area contributed by atoms with E-state index in [0.717, 1.165) is 29.7 Å². The summed E-state index contributed by atoms with van der Waals surface area (Å²) in [6.07, 6.45) is 6.22. The van der Waals surface area contributed by atoms with Crippen molar-refractivity contribution >= 4 is 16.9 Å². The molecule has 1 amide bonds. The monoisotopic (exact) mass is 380 g/mol. The second-order valence-electron chi connectivity index (χ2n) is 8.03. The fraction of sp³-hybridized carbons (Fsp3) is 0.455. The lowest BCUT2D eigenvalue weighted by atomic mass is 9.85. The van der Waals surface area contributed by atoms with E-state index in [-0.39, 0.29) is 23.4 Å². The van der Waals surface area contributed by atoms with Gasteiger partial charge in [-0.05, 0) is 43.0 Å². The average Bonchev–Trinajstić information content (AvgIpc) is 3.36. The number of hydrogen-bond donors (Lipinski definition) is 2. The zero-order valence-corrected chi connectivity index (χ0v) is 16.5. The highest BCUT2D eigenvalue weighted by molar-refractivity contribution is 5.78. The highest BCUT2D eigenvalue weighted by Crippen LogP contribution is 2.33. The van der Waals surface area contributed by atoms with Gasteiger partial charge < -0.3 is 19.6 Å². The Morgan fingerprint density at radius 2 is 1.93 bits per heavy atom. The Hall–Kier alpha value is -2.60. The largest absolute Gasteiger partial charge is 0.381 e. The Labute approximate surface area is 165 Å². The molecule has 6 nitrogen and oxygen atoms in total. The maximum Gasteiger partial charge on any atom is 0.222 e. The quantitative estimate of drug-likeness (QED) is 0.684. The van der Waals surface area contributed by atoms with Crippen molar-refractivity contribution in [3.63, 3.8) is 0 Å². The number of benzene rings is 1. The van der Waals surface area contributed by atoms with E-state index < -0.39 is 0 Å². The van der Waals surface area contributed by atoms with E-state index in [0.29, 0.717) is 19.6 Å². The van der Waals surface area contributed by atoms with Crippen LogP contribution in [0.15, 0.2) is 48.8 Å². The van der Waals surface area contributed by atoms with Crippen molar-refractivity contribution in [1.29, 1.82) is 0 Å². The highest BCUT2D eigenvalue weighted by Gasteiger charge is 2.37. The van der Waals surface area contributed by atoms with E-state index in [1.807, 2.05) is 36.4 Å². The second-order valence-corrected chi connectivity index (χ2v) is 8.03. The van der Waals surface area contributed by atoms with Crippen molar-refractivity contribution < 1.29 is 9.53 Å². The third-order valence-electron chi connectivity index (χ3n) is 5.75. The number of rotatable bonds is 6. The Kier molecular flexibility index (Phi) is 5.22. The molecule has 0 unspecified atom stereocenters. The van der Waals surface area contributed by atoms with Gasteiger partial charge in [-0.15, -0.1) is 0 Å². The second kappa shape index (κ2) is 7.80. The number of carbonyl (C=O) groups is 1. The number of nitrogens with zero attached hydrogens (tertiary/aromatic N) is 2. The van der Waals surface area contributed by atoms with Gasteiger partial charge in [-0.3, -0.25) is 4.79 Å². The highest BCUT2D eigenvalue weighted by atomic mass is 16.5. The minimum atomic E-state index is -0.221. The molecule has 2 N–H and O–H groups in total. The summed E-state index contributed by atoms with van der Waals surface area (Å²) < 4.78 is 7.75. The minimum absolute atomic E-state index is 0.0507. The molecule has 6 heteroatoms. The summed E-state index contributed by atoms with van der Waals surface area (Å²) in [6.45, 7) is 5.58. The zero-order chi connectivity index (χ0) is 19.6. The van der Waals surface area contributed by atoms with E-state index in [4.69, 9.17) is 9.72 Å². The molecule has 1 aliphatic heterocycles. The third-order valence-corrected chi connectivity index (χ3v) is 5.75. The van der Waals surface area contributed by atoms with Crippen LogP contribution in [0.3, 0.4) is 0 Å². The van der Waals surface area contributed by atoms with Crippen molar-refractivity contribution in [3.05, 3.63) is 54.6 Å². The molecule has 0 radical (unpaired) electrons. The zero-order valence-electron chi connectivity index (χ0n) is 16.5. The van der Waals surface area contributed by atoms with Crippen LogP contribution in [-0.2, 0) is 15.1 Å². The SMILES string of the molecule is CC(C)[C@H](NC(=O)CC1(n2cccc2)CCOCC1)c1nc2ccccc2[nH]1. The van der Waals surface area contributed by atoms with E-state index in [9.17, 15) is 4.79 Å². The van der Waals surface area contributed by atoms with Gasteiger partial charge in [-0.2, -0.15) is 0 Å². The summed E-state index contributed by atoms with van der Waals surface area (Å²) in [7, 11) is 0. The molecule has 0 saturated carbocycles. The summed E-state index contributed by atoms with van der Waals surface area (Å²) in [5.41, 5.74) is 1.69. The number of imidazole rings is 1. The number of aromatic nitrogens is 3. The van der Waals surface area contributed by atoms with Gasteiger partial charge in [-0.1, -0.05) is 26.0 Å². The van der Waals surface area contributed by atoms with Gasteiger partial charge in [-0.25, -0.2) is 4.98 Å². The summed E-state index contributed by atoms with van der Waals surface area (Å²) in [6, 6.07) is 11.8. The number of aromatic amines is 1. The molecule has 4 rings (SSSR count). The van der Waals surface area contributed by atoms with Crippen molar-refractivity contribution in [1.82, 2.24) is 19.9 Å². The summed E-state index contributed by atoms with van der Waals surface area (Å²) in [4.78, 5) is 21.2. The number of fused-ring (bicyclic) bond motifs is 1. The maximum atomic E-state index is 13.1. The first kappa shape index (κ1) is 18.7. The minimum Gasteiger partial charge on any atom is -0.381 e. The van der Waals surface area contributed by atoms with Crippen LogP contribution in [0.1, 0.15) is 45.0 Å². The first-order valence-electron chi connectivity index (χ1n) is 10.0. The lowest BCUT2D eigenvalue weighted by molar-refractivity contribution is -0.125. The van der Waals surface area contributed by atoms with E-state index in [2.05, 4.69) is 41.1 Å². The standard InChI is InChI=1S/C22H28N4O2/c1-16(2)20(21-23-17-7-3-4-8-18(17)24-21)25-19(27)15-22(9-13-28-14-10-22)26-11-5-6-12-26/h3-8,11-12,16,20H,9-10,13-15H2,1-2H3,(H,23,24)(H,25,27)/t20-/m0/s1. The lowest BCUT2D eigenvalue weighted by Crippen LogP contribution is -2.44. The molecule has 0 spiro atoms. The van der Waals surface area contributed by atoms with Crippen LogP contribution in [0.25, 0.3) is 11.0 Å². The van der Waals surface area contributed by atoms with Gasteiger partial charge in [0.05, 0.1) is 29.0 Å². The molecule has 1 saturated heterocycles. The number of nitrogens with one attached hydrogen (secondary N) is 2. The van der Waals surface area contributed by atoms with Gasteiger partial charge >= 0.3 is 0 Å². The normalized spacial score (nSPS) is 17.7. The molecule has 1 aliphatic rings. The van der Waals surface area contributed by atoms with Gasteiger partial charge in [0.2, 0.25) is 5.91 Å². The van der Waals surface area contributed by atoms with Crippen LogP contribution in [0.5, 0.6) is 0 Å². The van der Waals surface area contributed by atoms with E-state index in [1.54, 1.807) is 0 Å². The van der Waals surface area contributed by atoms with Crippen LogP contribution in [-0.4, -0.2) is 33.7 Å². The van der Waals surface area contributed by atoms with Crippen LogP contribution >= 0.6 is 0 Å². The first-order chi connectivity index (χ1) is 13.6.